The lowest BCUT2D eigenvalue weighted by Crippen LogP contribution is -2.02. The van der Waals surface area contributed by atoms with Crippen molar-refractivity contribution in [3.05, 3.63) is 12.0 Å². The lowest BCUT2D eigenvalue weighted by atomic mass is 10.2. The molecule has 0 atom stereocenters. The molecular formula is C7H12N4. The topological polar surface area (TPSA) is 50.7 Å². The third-order valence-electron chi connectivity index (χ3n) is 1.35. The Kier molecular flexibility index (Phi) is 2.36. The van der Waals surface area contributed by atoms with Crippen LogP contribution in [0.5, 0.6) is 0 Å². The molecule has 1 aromatic rings. The smallest absolute Gasteiger partial charge is 0.155 e. The molecule has 0 saturated carbocycles. The average Bonchev–Trinajstić information content (AvgIpc) is 2.05. The van der Waals surface area contributed by atoms with Crippen LogP contribution in [-0.2, 0) is 0 Å². The fourth-order valence-electron chi connectivity index (χ4n) is 0.682. The Morgan fingerprint density at radius 3 is 2.73 bits per heavy atom. The molecular weight excluding hydrogens is 140 g/mol. The van der Waals surface area contributed by atoms with E-state index in [1.54, 1.807) is 6.20 Å². The zero-order valence-corrected chi connectivity index (χ0v) is 7.00. The molecule has 0 unspecified atom stereocenters. The Balaban J connectivity index is 2.91. The van der Waals surface area contributed by atoms with Crippen molar-refractivity contribution in [2.75, 3.05) is 12.4 Å². The first-order valence-electron chi connectivity index (χ1n) is 3.61. The van der Waals surface area contributed by atoms with Crippen molar-refractivity contribution >= 4 is 5.82 Å². The molecule has 0 bridgehead atoms. The van der Waals surface area contributed by atoms with E-state index in [4.69, 9.17) is 0 Å². The van der Waals surface area contributed by atoms with Gasteiger partial charge in [-0.2, -0.15) is 5.10 Å². The van der Waals surface area contributed by atoms with E-state index in [1.807, 2.05) is 20.9 Å². The summed E-state index contributed by atoms with van der Waals surface area (Å²) >= 11 is 0. The molecule has 0 aliphatic carbocycles. The van der Waals surface area contributed by atoms with Gasteiger partial charge >= 0.3 is 0 Å². The zero-order valence-electron chi connectivity index (χ0n) is 7.00. The fourth-order valence-corrected chi connectivity index (χ4v) is 0.682. The normalized spacial score (nSPS) is 10.2. The van der Waals surface area contributed by atoms with Gasteiger partial charge in [-0.15, -0.1) is 5.10 Å². The first kappa shape index (κ1) is 7.91. The SMILES string of the molecule is CNc1cnnc(C(C)C)n1. The highest BCUT2D eigenvalue weighted by molar-refractivity contribution is 5.28. The monoisotopic (exact) mass is 152 g/mol. The summed E-state index contributed by atoms with van der Waals surface area (Å²) in [5, 5.41) is 10.6. The Morgan fingerprint density at radius 2 is 2.18 bits per heavy atom. The van der Waals surface area contributed by atoms with E-state index in [0.717, 1.165) is 11.6 Å². The third-order valence-corrected chi connectivity index (χ3v) is 1.35. The van der Waals surface area contributed by atoms with Gasteiger partial charge in [0.05, 0.1) is 6.20 Å². The molecule has 0 fully saturated rings. The molecule has 4 nitrogen and oxygen atoms in total. The van der Waals surface area contributed by atoms with Crippen LogP contribution in [0.2, 0.25) is 0 Å². The molecule has 60 valence electrons. The van der Waals surface area contributed by atoms with Gasteiger partial charge in [0.1, 0.15) is 5.82 Å². The molecule has 1 aromatic heterocycles. The maximum absolute atomic E-state index is 4.21. The number of hydrogen-bond acceptors (Lipinski definition) is 4. The quantitative estimate of drug-likeness (QED) is 0.687. The van der Waals surface area contributed by atoms with Crippen LogP contribution in [0, 0.1) is 0 Å². The second kappa shape index (κ2) is 3.27. The third kappa shape index (κ3) is 1.86. The van der Waals surface area contributed by atoms with Gasteiger partial charge in [-0.05, 0) is 0 Å². The Morgan fingerprint density at radius 1 is 1.45 bits per heavy atom. The highest BCUT2D eigenvalue weighted by atomic mass is 15.2. The van der Waals surface area contributed by atoms with Gasteiger partial charge < -0.3 is 5.32 Å². The first-order chi connectivity index (χ1) is 5.24. The summed E-state index contributed by atoms with van der Waals surface area (Å²) in [5.74, 6) is 1.87. The fraction of sp³-hybridized carbons (Fsp3) is 0.571. The molecule has 1 heterocycles. The van der Waals surface area contributed by atoms with Crippen molar-refractivity contribution in [1.82, 2.24) is 15.2 Å². The molecule has 0 spiro atoms. The van der Waals surface area contributed by atoms with E-state index in [1.165, 1.54) is 0 Å². The van der Waals surface area contributed by atoms with Crippen LogP contribution in [0.25, 0.3) is 0 Å². The second-order valence-corrected chi connectivity index (χ2v) is 2.60. The standard InChI is InChI=1S/C7H12N4/c1-5(2)7-10-6(8-3)4-9-11-7/h4-5H,1-3H3,(H,8,10,11). The minimum absolute atomic E-state index is 0.329. The summed E-state index contributed by atoms with van der Waals surface area (Å²) in [6, 6.07) is 0. The number of aromatic nitrogens is 3. The van der Waals surface area contributed by atoms with E-state index >= 15 is 0 Å². The lowest BCUT2D eigenvalue weighted by molar-refractivity contribution is 0.737. The van der Waals surface area contributed by atoms with Crippen LogP contribution in [0.1, 0.15) is 25.6 Å². The number of hydrogen-bond donors (Lipinski definition) is 1. The largest absolute Gasteiger partial charge is 0.372 e. The Hall–Kier alpha value is -1.19. The number of anilines is 1. The summed E-state index contributed by atoms with van der Waals surface area (Å²) in [6.45, 7) is 4.08. The molecule has 0 aliphatic rings. The van der Waals surface area contributed by atoms with Crippen molar-refractivity contribution < 1.29 is 0 Å². The van der Waals surface area contributed by atoms with Gasteiger partial charge in [0, 0.05) is 13.0 Å². The second-order valence-electron chi connectivity index (χ2n) is 2.60. The van der Waals surface area contributed by atoms with Crippen LogP contribution >= 0.6 is 0 Å². The molecule has 0 saturated heterocycles. The van der Waals surface area contributed by atoms with Crippen molar-refractivity contribution in [2.45, 2.75) is 19.8 Å². The summed E-state index contributed by atoms with van der Waals surface area (Å²) in [6.07, 6.45) is 1.60. The van der Waals surface area contributed by atoms with Crippen molar-refractivity contribution in [1.29, 1.82) is 0 Å². The van der Waals surface area contributed by atoms with Gasteiger partial charge in [-0.25, -0.2) is 4.98 Å². The van der Waals surface area contributed by atoms with Gasteiger partial charge in [0.2, 0.25) is 0 Å². The molecule has 0 aliphatic heterocycles. The molecule has 1 N–H and O–H groups in total. The number of nitrogens with zero attached hydrogens (tertiary/aromatic N) is 3. The summed E-state index contributed by atoms with van der Waals surface area (Å²) in [5.41, 5.74) is 0. The predicted octanol–water partition coefficient (Wildman–Crippen LogP) is 1.04. The molecule has 0 amide bonds. The molecule has 4 heteroatoms. The Labute approximate surface area is 66.1 Å². The average molecular weight is 152 g/mol. The van der Waals surface area contributed by atoms with E-state index < -0.39 is 0 Å². The lowest BCUT2D eigenvalue weighted by Gasteiger charge is -2.03. The molecule has 0 aromatic carbocycles. The molecule has 11 heavy (non-hydrogen) atoms. The highest BCUT2D eigenvalue weighted by Crippen LogP contribution is 2.08. The summed E-state index contributed by atoms with van der Waals surface area (Å²) < 4.78 is 0. The van der Waals surface area contributed by atoms with E-state index in [9.17, 15) is 0 Å². The first-order valence-corrected chi connectivity index (χ1v) is 3.61. The maximum Gasteiger partial charge on any atom is 0.155 e. The minimum Gasteiger partial charge on any atom is -0.372 e. The minimum atomic E-state index is 0.329. The van der Waals surface area contributed by atoms with Gasteiger partial charge in [-0.3, -0.25) is 0 Å². The number of rotatable bonds is 2. The van der Waals surface area contributed by atoms with Crippen LogP contribution in [0.4, 0.5) is 5.82 Å². The van der Waals surface area contributed by atoms with E-state index in [2.05, 4.69) is 20.5 Å². The predicted molar refractivity (Wildman–Crippen MR) is 43.5 cm³/mol. The van der Waals surface area contributed by atoms with Crippen LogP contribution < -0.4 is 5.32 Å². The molecule has 0 radical (unpaired) electrons. The zero-order chi connectivity index (χ0) is 8.27. The summed E-state index contributed by atoms with van der Waals surface area (Å²) in [4.78, 5) is 4.21. The maximum atomic E-state index is 4.21. The Bertz CT molecular complexity index is 234. The van der Waals surface area contributed by atoms with Crippen LogP contribution in [0.3, 0.4) is 0 Å². The van der Waals surface area contributed by atoms with E-state index in [-0.39, 0.29) is 0 Å². The van der Waals surface area contributed by atoms with Gasteiger partial charge in [0.25, 0.3) is 0 Å². The van der Waals surface area contributed by atoms with Crippen LogP contribution in [0.15, 0.2) is 6.20 Å². The van der Waals surface area contributed by atoms with Gasteiger partial charge in [0.15, 0.2) is 5.82 Å². The van der Waals surface area contributed by atoms with Crippen molar-refractivity contribution in [3.8, 4) is 0 Å². The summed E-state index contributed by atoms with van der Waals surface area (Å²) in [7, 11) is 1.81. The van der Waals surface area contributed by atoms with Crippen LogP contribution in [-0.4, -0.2) is 22.2 Å². The van der Waals surface area contributed by atoms with E-state index in [0.29, 0.717) is 5.92 Å². The molecule has 1 rings (SSSR count). The van der Waals surface area contributed by atoms with Crippen molar-refractivity contribution in [3.63, 3.8) is 0 Å². The van der Waals surface area contributed by atoms with Gasteiger partial charge in [-0.1, -0.05) is 13.8 Å². The van der Waals surface area contributed by atoms with Crippen molar-refractivity contribution in [2.24, 2.45) is 0 Å². The number of nitrogens with one attached hydrogen (secondary N) is 1. The highest BCUT2D eigenvalue weighted by Gasteiger charge is 2.02.